The van der Waals surface area contributed by atoms with Gasteiger partial charge in [-0.3, -0.25) is 4.98 Å². The van der Waals surface area contributed by atoms with Crippen molar-refractivity contribution >= 4 is 34.3 Å². The number of aliphatic hydroxyl groups excluding tert-OH is 3. The lowest BCUT2D eigenvalue weighted by Gasteiger charge is -2.20. The maximum absolute atomic E-state index is 10.3. The van der Waals surface area contributed by atoms with Gasteiger partial charge in [-0.05, 0) is 25.0 Å². The molecular formula is C19H22ClN5O4. The molecule has 1 aliphatic rings. The van der Waals surface area contributed by atoms with E-state index in [0.29, 0.717) is 29.7 Å². The molecule has 0 unspecified atom stereocenters. The molecule has 3 aromatic heterocycles. The fraction of sp³-hybridized carbons (Fsp3) is 0.421. The lowest BCUT2D eigenvalue weighted by molar-refractivity contribution is 0.00446. The number of fused-ring (bicyclic) bond motifs is 1. The van der Waals surface area contributed by atoms with E-state index in [1.54, 1.807) is 6.20 Å². The molecule has 10 heteroatoms. The zero-order chi connectivity index (χ0) is 20.7. The molecule has 0 bridgehead atoms. The summed E-state index contributed by atoms with van der Waals surface area (Å²) < 4.78 is 6.03. The molecule has 3 aromatic rings. The lowest BCUT2D eigenvalue weighted by Crippen LogP contribution is -2.35. The van der Waals surface area contributed by atoms with Crippen molar-refractivity contribution in [1.82, 2.24) is 15.0 Å². The third-order valence-electron chi connectivity index (χ3n) is 5.33. The Hall–Kier alpha value is -2.46. The molecule has 1 aliphatic carbocycles. The summed E-state index contributed by atoms with van der Waals surface area (Å²) >= 11 is 6.38. The molecule has 9 nitrogen and oxygen atoms in total. The molecule has 0 amide bonds. The number of nitrogens with one attached hydrogen (secondary N) is 1. The van der Waals surface area contributed by atoms with Crippen LogP contribution in [0.2, 0.25) is 5.15 Å². The van der Waals surface area contributed by atoms with Crippen LogP contribution in [0, 0.1) is 5.92 Å². The van der Waals surface area contributed by atoms with Gasteiger partial charge in [0.2, 0.25) is 5.95 Å². The van der Waals surface area contributed by atoms with Gasteiger partial charge in [0.25, 0.3) is 0 Å². The molecule has 0 aromatic carbocycles. The van der Waals surface area contributed by atoms with Crippen LogP contribution >= 0.6 is 11.6 Å². The van der Waals surface area contributed by atoms with Gasteiger partial charge in [0, 0.05) is 24.1 Å². The molecule has 1 fully saturated rings. The normalized spacial score (nSPS) is 24.3. The van der Waals surface area contributed by atoms with Crippen molar-refractivity contribution in [3.63, 3.8) is 0 Å². The molecule has 0 spiro atoms. The molecular weight excluding hydrogens is 398 g/mol. The second-order valence-electron chi connectivity index (χ2n) is 7.15. The Morgan fingerprint density at radius 3 is 2.79 bits per heavy atom. The number of nitrogen functional groups attached to an aromatic ring is 1. The van der Waals surface area contributed by atoms with Crippen LogP contribution < -0.4 is 11.1 Å². The fourth-order valence-electron chi connectivity index (χ4n) is 3.79. The van der Waals surface area contributed by atoms with E-state index in [-0.39, 0.29) is 23.5 Å². The monoisotopic (exact) mass is 419 g/mol. The van der Waals surface area contributed by atoms with Gasteiger partial charge in [-0.25, -0.2) is 4.98 Å². The molecule has 3 heterocycles. The Bertz CT molecular complexity index is 1040. The number of hydrogen-bond acceptors (Lipinski definition) is 9. The second kappa shape index (κ2) is 7.75. The first-order valence-electron chi connectivity index (χ1n) is 9.37. The maximum Gasteiger partial charge on any atom is 0.223 e. The number of halogens is 1. The summed E-state index contributed by atoms with van der Waals surface area (Å²) in [6.45, 7) is 1.76. The van der Waals surface area contributed by atoms with Crippen LogP contribution in [0.3, 0.4) is 0 Å². The average molecular weight is 420 g/mol. The van der Waals surface area contributed by atoms with Crippen LogP contribution in [0.5, 0.6) is 0 Å². The van der Waals surface area contributed by atoms with Crippen molar-refractivity contribution in [2.24, 2.45) is 5.92 Å². The largest absolute Gasteiger partial charge is 0.454 e. The van der Waals surface area contributed by atoms with E-state index < -0.39 is 24.2 Å². The number of hydrogen-bond donors (Lipinski definition) is 5. The fourth-order valence-corrected chi connectivity index (χ4v) is 4.06. The molecule has 6 N–H and O–H groups in total. The first-order chi connectivity index (χ1) is 13.9. The highest BCUT2D eigenvalue weighted by Crippen LogP contribution is 2.39. The Balaban J connectivity index is 1.77. The smallest absolute Gasteiger partial charge is 0.223 e. The highest BCUT2D eigenvalue weighted by atomic mass is 35.5. The molecule has 0 saturated heterocycles. The number of rotatable bonds is 5. The second-order valence-corrected chi connectivity index (χ2v) is 7.50. The molecule has 0 aliphatic heterocycles. The Morgan fingerprint density at radius 2 is 2.10 bits per heavy atom. The number of anilines is 2. The van der Waals surface area contributed by atoms with Crippen LogP contribution in [0.15, 0.2) is 22.7 Å². The number of nitrogens with zero attached hydrogens (tertiary/aromatic N) is 3. The SMILES string of the molecule is CCc1nccc2cc(-c3c(Cl)nc(N)nc3N[C@@H]3C[C@H](CO)[C@@H](O)[C@H]3O)oc12. The summed E-state index contributed by atoms with van der Waals surface area (Å²) in [4.78, 5) is 12.6. The van der Waals surface area contributed by atoms with E-state index in [1.807, 2.05) is 19.1 Å². The number of aromatic nitrogens is 3. The van der Waals surface area contributed by atoms with Crippen molar-refractivity contribution in [3.05, 3.63) is 29.2 Å². The third-order valence-corrected chi connectivity index (χ3v) is 5.60. The summed E-state index contributed by atoms with van der Waals surface area (Å²) in [6.07, 6.45) is 0.646. The summed E-state index contributed by atoms with van der Waals surface area (Å²) in [6, 6.07) is 3.10. The number of furan rings is 1. The van der Waals surface area contributed by atoms with Crippen LogP contribution in [0.25, 0.3) is 22.3 Å². The van der Waals surface area contributed by atoms with E-state index in [0.717, 1.165) is 11.1 Å². The minimum absolute atomic E-state index is 0.0416. The van der Waals surface area contributed by atoms with E-state index in [9.17, 15) is 15.3 Å². The zero-order valence-corrected chi connectivity index (χ0v) is 16.5. The third kappa shape index (κ3) is 3.51. The van der Waals surface area contributed by atoms with Crippen molar-refractivity contribution in [3.8, 4) is 11.3 Å². The van der Waals surface area contributed by atoms with Gasteiger partial charge in [-0.2, -0.15) is 4.98 Å². The van der Waals surface area contributed by atoms with Crippen molar-refractivity contribution < 1.29 is 19.7 Å². The molecule has 1 saturated carbocycles. The minimum Gasteiger partial charge on any atom is -0.454 e. The van der Waals surface area contributed by atoms with E-state index in [4.69, 9.17) is 21.8 Å². The van der Waals surface area contributed by atoms with Crippen molar-refractivity contribution in [1.29, 1.82) is 0 Å². The molecule has 154 valence electrons. The number of aliphatic hydroxyl groups is 3. The highest BCUT2D eigenvalue weighted by Gasteiger charge is 2.41. The van der Waals surface area contributed by atoms with E-state index >= 15 is 0 Å². The van der Waals surface area contributed by atoms with E-state index in [2.05, 4.69) is 20.3 Å². The van der Waals surface area contributed by atoms with Gasteiger partial charge in [0.1, 0.15) is 22.8 Å². The van der Waals surface area contributed by atoms with Gasteiger partial charge in [0.15, 0.2) is 5.58 Å². The summed E-state index contributed by atoms with van der Waals surface area (Å²) in [5.41, 5.74) is 7.64. The summed E-state index contributed by atoms with van der Waals surface area (Å²) in [5.74, 6) is 0.231. The predicted molar refractivity (Wildman–Crippen MR) is 108 cm³/mol. The minimum atomic E-state index is -1.08. The van der Waals surface area contributed by atoms with Crippen LogP contribution in [-0.2, 0) is 6.42 Å². The molecule has 4 rings (SSSR count). The topological polar surface area (TPSA) is 151 Å². The average Bonchev–Trinajstić information content (AvgIpc) is 3.23. The van der Waals surface area contributed by atoms with Crippen LogP contribution in [-0.4, -0.2) is 55.1 Å². The Kier molecular flexibility index (Phi) is 5.30. The van der Waals surface area contributed by atoms with Gasteiger partial charge in [-0.15, -0.1) is 0 Å². The highest BCUT2D eigenvalue weighted by molar-refractivity contribution is 6.32. The van der Waals surface area contributed by atoms with Crippen LogP contribution in [0.1, 0.15) is 19.0 Å². The number of nitrogens with two attached hydrogens (primary N) is 1. The lowest BCUT2D eigenvalue weighted by atomic mass is 10.1. The summed E-state index contributed by atoms with van der Waals surface area (Å²) in [7, 11) is 0. The first-order valence-corrected chi connectivity index (χ1v) is 9.75. The Labute approximate surface area is 171 Å². The van der Waals surface area contributed by atoms with Crippen molar-refractivity contribution in [2.75, 3.05) is 17.7 Å². The first kappa shape index (κ1) is 19.8. The summed E-state index contributed by atoms with van der Waals surface area (Å²) in [5, 5.41) is 33.9. The van der Waals surface area contributed by atoms with E-state index in [1.165, 1.54) is 0 Å². The number of aryl methyl sites for hydroxylation is 1. The van der Waals surface area contributed by atoms with Gasteiger partial charge < -0.3 is 30.8 Å². The number of pyridine rings is 1. The van der Waals surface area contributed by atoms with Gasteiger partial charge >= 0.3 is 0 Å². The maximum atomic E-state index is 10.3. The zero-order valence-electron chi connectivity index (χ0n) is 15.7. The van der Waals surface area contributed by atoms with Crippen molar-refractivity contribution in [2.45, 2.75) is 38.0 Å². The standard InChI is InChI=1S/C19H22ClN5O4/c1-2-10-16-8(3-4-22-10)6-12(29-16)13-17(20)24-19(21)25-18(13)23-11-5-9(7-26)14(27)15(11)28/h3-4,6,9,11,14-15,26-28H,2,5,7H2,1H3,(H3,21,23,24,25)/t9-,11-,14-,15+/m1/s1. The Morgan fingerprint density at radius 1 is 1.31 bits per heavy atom. The van der Waals surface area contributed by atoms with Gasteiger partial charge in [0.05, 0.1) is 23.4 Å². The predicted octanol–water partition coefficient (Wildman–Crippen LogP) is 1.60. The molecule has 0 radical (unpaired) electrons. The molecule has 29 heavy (non-hydrogen) atoms. The van der Waals surface area contributed by atoms with Gasteiger partial charge in [-0.1, -0.05) is 18.5 Å². The van der Waals surface area contributed by atoms with Crippen LogP contribution in [0.4, 0.5) is 11.8 Å². The quantitative estimate of drug-likeness (QED) is 0.388. The molecule has 4 atom stereocenters.